The summed E-state index contributed by atoms with van der Waals surface area (Å²) in [6.45, 7) is 4.40. The molecule has 8 nitrogen and oxygen atoms in total. The van der Waals surface area contributed by atoms with Gasteiger partial charge >= 0.3 is 6.03 Å². The van der Waals surface area contributed by atoms with Gasteiger partial charge in [0.05, 0.1) is 11.9 Å². The number of halogens is 1. The van der Waals surface area contributed by atoms with E-state index in [-0.39, 0.29) is 5.91 Å². The van der Waals surface area contributed by atoms with Crippen LogP contribution in [-0.4, -0.2) is 39.2 Å². The fourth-order valence-electron chi connectivity index (χ4n) is 4.65. The second-order valence-corrected chi connectivity index (χ2v) is 11.4. The lowest BCUT2D eigenvalue weighted by atomic mass is 9.95. The molecule has 3 aromatic carbocycles. The summed E-state index contributed by atoms with van der Waals surface area (Å²) in [7, 11) is -3.45. The van der Waals surface area contributed by atoms with E-state index in [1.165, 1.54) is 0 Å². The molecule has 1 atom stereocenters. The molecule has 3 amide bonds. The number of urea groups is 1. The van der Waals surface area contributed by atoms with Crippen molar-refractivity contribution < 1.29 is 18.0 Å². The first-order valence-electron chi connectivity index (χ1n) is 11.8. The Labute approximate surface area is 222 Å². The summed E-state index contributed by atoms with van der Waals surface area (Å²) >= 11 is 5.89. The van der Waals surface area contributed by atoms with Crippen molar-refractivity contribution in [2.24, 2.45) is 0 Å². The smallest absolute Gasteiger partial charge is 0.319 e. The summed E-state index contributed by atoms with van der Waals surface area (Å²) < 4.78 is 26.3. The molecule has 10 heteroatoms. The van der Waals surface area contributed by atoms with E-state index < -0.39 is 22.1 Å². The molecule has 1 aliphatic heterocycles. The highest BCUT2D eigenvalue weighted by Crippen LogP contribution is 2.36. The largest absolute Gasteiger partial charge is 0.326 e. The Kier molecular flexibility index (Phi) is 7.75. The van der Waals surface area contributed by atoms with Gasteiger partial charge in [0.2, 0.25) is 15.9 Å². The molecule has 1 heterocycles. The SMILES string of the molecule is Cc1cc(-c2ccccc2NS(C)(=O)=O)cc(C)c1N1CCC[C@@H](NC(=O)Nc2ccc(Cl)cc2)C1=O. The Hall–Kier alpha value is -3.56. The molecule has 0 radical (unpaired) electrons. The maximum atomic E-state index is 13.4. The van der Waals surface area contributed by atoms with Crippen LogP contribution in [0, 0.1) is 13.8 Å². The van der Waals surface area contributed by atoms with Gasteiger partial charge in [-0.05, 0) is 85.8 Å². The predicted octanol–water partition coefficient (Wildman–Crippen LogP) is 5.31. The van der Waals surface area contributed by atoms with Gasteiger partial charge in [-0.1, -0.05) is 29.8 Å². The number of nitrogens with one attached hydrogen (secondary N) is 3. The Morgan fingerprint density at radius 1 is 1.03 bits per heavy atom. The van der Waals surface area contributed by atoms with Crippen LogP contribution >= 0.6 is 11.6 Å². The first kappa shape index (κ1) is 26.5. The Balaban J connectivity index is 1.55. The molecule has 1 fully saturated rings. The molecule has 0 unspecified atom stereocenters. The first-order chi connectivity index (χ1) is 17.5. The van der Waals surface area contributed by atoms with Gasteiger partial charge in [-0.3, -0.25) is 9.52 Å². The minimum absolute atomic E-state index is 0.171. The average Bonchev–Trinajstić information content (AvgIpc) is 2.82. The number of aryl methyl sites for hydroxylation is 2. The number of carbonyl (C=O) groups excluding carboxylic acids is 2. The van der Waals surface area contributed by atoms with Gasteiger partial charge in [-0.15, -0.1) is 0 Å². The van der Waals surface area contributed by atoms with Crippen molar-refractivity contribution >= 4 is 50.6 Å². The van der Waals surface area contributed by atoms with E-state index in [1.807, 2.05) is 38.1 Å². The van der Waals surface area contributed by atoms with Crippen molar-refractivity contribution in [3.63, 3.8) is 0 Å². The molecule has 194 valence electrons. The van der Waals surface area contributed by atoms with Crippen molar-refractivity contribution in [1.29, 1.82) is 0 Å². The molecular weight excluding hydrogens is 512 g/mol. The number of anilines is 3. The zero-order valence-electron chi connectivity index (χ0n) is 20.8. The average molecular weight is 541 g/mol. The molecule has 3 N–H and O–H groups in total. The maximum absolute atomic E-state index is 13.4. The second-order valence-electron chi connectivity index (χ2n) is 9.17. The number of amides is 3. The van der Waals surface area contributed by atoms with E-state index >= 15 is 0 Å². The highest BCUT2D eigenvalue weighted by molar-refractivity contribution is 7.92. The third-order valence-corrected chi connectivity index (χ3v) is 6.98. The van der Waals surface area contributed by atoms with Crippen LogP contribution in [0.25, 0.3) is 11.1 Å². The Morgan fingerprint density at radius 3 is 2.32 bits per heavy atom. The van der Waals surface area contributed by atoms with Gasteiger partial charge in [0.25, 0.3) is 0 Å². The van der Waals surface area contributed by atoms with E-state index in [0.717, 1.165) is 40.6 Å². The normalized spacial score (nSPS) is 15.8. The molecule has 0 bridgehead atoms. The van der Waals surface area contributed by atoms with Gasteiger partial charge < -0.3 is 15.5 Å². The molecule has 0 saturated carbocycles. The fraction of sp³-hybridized carbons (Fsp3) is 0.259. The minimum atomic E-state index is -3.45. The van der Waals surface area contributed by atoms with E-state index in [1.54, 1.807) is 41.3 Å². The summed E-state index contributed by atoms with van der Waals surface area (Å²) in [6, 6.07) is 16.7. The second kappa shape index (κ2) is 10.8. The van der Waals surface area contributed by atoms with E-state index in [0.29, 0.717) is 29.4 Å². The lowest BCUT2D eigenvalue weighted by Crippen LogP contribution is -2.53. The number of sulfonamides is 1. The standard InChI is InChI=1S/C27H29ClN4O4S/c1-17-15-19(22-7-4-5-8-23(22)31-37(3,35)36)16-18(2)25(17)32-14-6-9-24(26(32)33)30-27(34)29-21-12-10-20(28)11-13-21/h4-5,7-8,10-13,15-16,24,31H,6,9,14H2,1-3H3,(H2,29,30,34)/t24-/m1/s1. The van der Waals surface area contributed by atoms with Crippen LogP contribution in [0.15, 0.2) is 60.7 Å². The summed E-state index contributed by atoms with van der Waals surface area (Å²) in [5.74, 6) is -0.171. The number of piperidine rings is 1. The number of hydrogen-bond acceptors (Lipinski definition) is 4. The third-order valence-electron chi connectivity index (χ3n) is 6.14. The molecule has 1 aliphatic rings. The van der Waals surface area contributed by atoms with E-state index in [9.17, 15) is 18.0 Å². The van der Waals surface area contributed by atoms with Gasteiger partial charge in [0, 0.05) is 28.5 Å². The molecule has 1 saturated heterocycles. The molecule has 4 rings (SSSR count). The van der Waals surface area contributed by atoms with Crippen molar-refractivity contribution in [2.75, 3.05) is 27.7 Å². The number of rotatable bonds is 6. The summed E-state index contributed by atoms with van der Waals surface area (Å²) in [4.78, 5) is 27.7. The quantitative estimate of drug-likeness (QED) is 0.393. The number of benzene rings is 3. The summed E-state index contributed by atoms with van der Waals surface area (Å²) in [6.07, 6.45) is 2.40. The molecule has 0 aliphatic carbocycles. The lowest BCUT2D eigenvalue weighted by molar-refractivity contribution is -0.121. The van der Waals surface area contributed by atoms with E-state index in [2.05, 4.69) is 15.4 Å². The number of hydrogen-bond donors (Lipinski definition) is 3. The highest BCUT2D eigenvalue weighted by atomic mass is 35.5. The highest BCUT2D eigenvalue weighted by Gasteiger charge is 2.32. The Bertz CT molecular complexity index is 1420. The van der Waals surface area contributed by atoms with Crippen molar-refractivity contribution in [1.82, 2.24) is 5.32 Å². The Morgan fingerprint density at radius 2 is 1.68 bits per heavy atom. The van der Waals surface area contributed by atoms with Crippen molar-refractivity contribution in [3.05, 3.63) is 76.8 Å². The number of carbonyl (C=O) groups is 2. The van der Waals surface area contributed by atoms with Crippen LogP contribution in [-0.2, 0) is 14.8 Å². The van der Waals surface area contributed by atoms with Crippen LogP contribution in [0.5, 0.6) is 0 Å². The predicted molar refractivity (Wildman–Crippen MR) is 149 cm³/mol. The zero-order valence-corrected chi connectivity index (χ0v) is 22.4. The monoisotopic (exact) mass is 540 g/mol. The van der Waals surface area contributed by atoms with Gasteiger partial charge in [0.1, 0.15) is 6.04 Å². The van der Waals surface area contributed by atoms with Crippen LogP contribution in [0.4, 0.5) is 21.9 Å². The van der Waals surface area contributed by atoms with Gasteiger partial charge in [0.15, 0.2) is 0 Å². The minimum Gasteiger partial charge on any atom is -0.326 e. The van der Waals surface area contributed by atoms with Gasteiger partial charge in [-0.25, -0.2) is 13.2 Å². The van der Waals surface area contributed by atoms with Crippen LogP contribution < -0.4 is 20.3 Å². The number of nitrogens with zero attached hydrogens (tertiary/aromatic N) is 1. The van der Waals surface area contributed by atoms with Crippen LogP contribution in [0.2, 0.25) is 5.02 Å². The molecule has 0 spiro atoms. The molecule has 37 heavy (non-hydrogen) atoms. The van der Waals surface area contributed by atoms with E-state index in [4.69, 9.17) is 11.6 Å². The zero-order chi connectivity index (χ0) is 26.7. The van der Waals surface area contributed by atoms with Crippen LogP contribution in [0.3, 0.4) is 0 Å². The van der Waals surface area contributed by atoms with Gasteiger partial charge in [-0.2, -0.15) is 0 Å². The van der Waals surface area contributed by atoms with Crippen molar-refractivity contribution in [3.8, 4) is 11.1 Å². The van der Waals surface area contributed by atoms with Crippen LogP contribution in [0.1, 0.15) is 24.0 Å². The maximum Gasteiger partial charge on any atom is 0.319 e. The lowest BCUT2D eigenvalue weighted by Gasteiger charge is -2.34. The number of para-hydroxylation sites is 1. The van der Waals surface area contributed by atoms with Crippen molar-refractivity contribution in [2.45, 2.75) is 32.7 Å². The first-order valence-corrected chi connectivity index (χ1v) is 14.1. The third kappa shape index (κ3) is 6.42. The molecule has 3 aromatic rings. The summed E-state index contributed by atoms with van der Waals surface area (Å²) in [5, 5.41) is 6.10. The topological polar surface area (TPSA) is 108 Å². The summed E-state index contributed by atoms with van der Waals surface area (Å²) in [5.41, 5.74) is 5.21. The molecule has 0 aromatic heterocycles. The molecular formula is C27H29ClN4O4S. The fourth-order valence-corrected chi connectivity index (χ4v) is 5.35.